The lowest BCUT2D eigenvalue weighted by molar-refractivity contribution is 0.0858. The van der Waals surface area contributed by atoms with Crippen LogP contribution in [0.15, 0.2) is 42.9 Å². The average Bonchev–Trinajstić information content (AvgIpc) is 3.16. The van der Waals surface area contributed by atoms with Crippen molar-refractivity contribution in [2.24, 2.45) is 0 Å². The average molecular weight is 417 g/mol. The first kappa shape index (κ1) is 19.2. The van der Waals surface area contributed by atoms with Gasteiger partial charge >= 0.3 is 0 Å². The van der Waals surface area contributed by atoms with Crippen molar-refractivity contribution in [3.8, 4) is 21.7 Å². The lowest BCUT2D eigenvalue weighted by Crippen LogP contribution is -2.13. The van der Waals surface area contributed by atoms with Crippen LogP contribution in [-0.4, -0.2) is 28.2 Å². The van der Waals surface area contributed by atoms with Gasteiger partial charge in [0.15, 0.2) is 0 Å². The summed E-state index contributed by atoms with van der Waals surface area (Å²) in [6.45, 7) is 5.83. The number of nitrogens with zero attached hydrogens (tertiary/aromatic N) is 3. The third-order valence-corrected chi connectivity index (χ3v) is 7.13. The summed E-state index contributed by atoms with van der Waals surface area (Å²) in [5.74, 6) is 1.08. The van der Waals surface area contributed by atoms with E-state index in [0.29, 0.717) is 11.7 Å². The number of rotatable bonds is 3. The molecule has 152 valence electrons. The van der Waals surface area contributed by atoms with Crippen molar-refractivity contribution in [1.82, 2.24) is 15.0 Å². The van der Waals surface area contributed by atoms with Crippen LogP contribution in [0.2, 0.25) is 0 Å². The molecule has 0 aliphatic carbocycles. The molecule has 1 saturated heterocycles. The van der Waals surface area contributed by atoms with E-state index >= 15 is 0 Å². The van der Waals surface area contributed by atoms with Gasteiger partial charge in [0.05, 0.1) is 5.69 Å². The van der Waals surface area contributed by atoms with E-state index in [2.05, 4.69) is 41.2 Å². The van der Waals surface area contributed by atoms with E-state index in [-0.39, 0.29) is 0 Å². The largest absolute Gasteiger partial charge is 0.383 e. The van der Waals surface area contributed by atoms with Gasteiger partial charge in [0.25, 0.3) is 0 Å². The number of nitrogens with two attached hydrogens (primary N) is 1. The molecule has 3 aromatic heterocycles. The Kier molecular flexibility index (Phi) is 4.97. The molecule has 1 aliphatic rings. The molecule has 0 spiro atoms. The number of benzene rings is 1. The van der Waals surface area contributed by atoms with Crippen molar-refractivity contribution in [2.75, 3.05) is 18.9 Å². The molecule has 4 heterocycles. The molecule has 2 N–H and O–H groups in total. The van der Waals surface area contributed by atoms with Crippen LogP contribution in [0.1, 0.15) is 34.9 Å². The van der Waals surface area contributed by atoms with Gasteiger partial charge in [0, 0.05) is 53.2 Å². The fourth-order valence-electron chi connectivity index (χ4n) is 4.19. The van der Waals surface area contributed by atoms with Gasteiger partial charge in [0.1, 0.15) is 10.8 Å². The second-order valence-electron chi connectivity index (χ2n) is 7.92. The Balaban J connectivity index is 1.60. The van der Waals surface area contributed by atoms with Gasteiger partial charge in [-0.1, -0.05) is 12.1 Å². The molecule has 6 heteroatoms. The van der Waals surface area contributed by atoms with Gasteiger partial charge in [-0.05, 0) is 61.3 Å². The van der Waals surface area contributed by atoms with E-state index in [1.807, 2.05) is 25.5 Å². The van der Waals surface area contributed by atoms with Gasteiger partial charge in [-0.3, -0.25) is 4.98 Å². The van der Waals surface area contributed by atoms with Crippen molar-refractivity contribution in [1.29, 1.82) is 0 Å². The Morgan fingerprint density at radius 2 is 1.83 bits per heavy atom. The zero-order valence-corrected chi connectivity index (χ0v) is 18.0. The van der Waals surface area contributed by atoms with Crippen molar-refractivity contribution in [3.05, 3.63) is 59.0 Å². The summed E-state index contributed by atoms with van der Waals surface area (Å²) in [4.78, 5) is 15.1. The second-order valence-corrected chi connectivity index (χ2v) is 8.95. The molecule has 0 amide bonds. The number of aryl methyl sites for hydroxylation is 2. The van der Waals surface area contributed by atoms with Crippen molar-refractivity contribution in [2.45, 2.75) is 32.6 Å². The summed E-state index contributed by atoms with van der Waals surface area (Å²) in [7, 11) is 0. The lowest BCUT2D eigenvalue weighted by atomic mass is 9.97. The first-order valence-corrected chi connectivity index (χ1v) is 11.1. The minimum Gasteiger partial charge on any atom is -0.383 e. The molecule has 5 nitrogen and oxygen atoms in total. The first-order valence-electron chi connectivity index (χ1n) is 10.3. The van der Waals surface area contributed by atoms with E-state index in [1.54, 1.807) is 11.3 Å². The van der Waals surface area contributed by atoms with Crippen LogP contribution >= 0.6 is 11.3 Å². The maximum atomic E-state index is 6.27. The number of thiazole rings is 1. The highest BCUT2D eigenvalue weighted by Crippen LogP contribution is 2.40. The Morgan fingerprint density at radius 1 is 1.00 bits per heavy atom. The summed E-state index contributed by atoms with van der Waals surface area (Å²) in [5, 5.41) is 3.04. The van der Waals surface area contributed by atoms with Crippen molar-refractivity contribution < 1.29 is 4.74 Å². The Labute approximate surface area is 180 Å². The highest BCUT2D eigenvalue weighted by Gasteiger charge is 2.22. The van der Waals surface area contributed by atoms with Crippen LogP contribution in [0.4, 0.5) is 5.82 Å². The molecular weight excluding hydrogens is 392 g/mol. The standard InChI is InChI=1S/C24H24N4OS/c1-14-9-18(12-26-11-14)17-3-4-19-20(10-17)23(25)27-13-21(19)24-28-15(2)22(30-24)16-5-7-29-8-6-16/h3-4,9-13,16H,5-8H2,1-2H3,(H2,25,27). The van der Waals surface area contributed by atoms with E-state index < -0.39 is 0 Å². The van der Waals surface area contributed by atoms with Gasteiger partial charge in [-0.2, -0.15) is 0 Å². The third kappa shape index (κ3) is 3.46. The number of fused-ring (bicyclic) bond motifs is 1. The van der Waals surface area contributed by atoms with Gasteiger partial charge < -0.3 is 10.5 Å². The fraction of sp³-hybridized carbons (Fsp3) is 0.292. The number of hydrogen-bond acceptors (Lipinski definition) is 6. The number of nitrogen functional groups attached to an aromatic ring is 1. The predicted molar refractivity (Wildman–Crippen MR) is 123 cm³/mol. The Hall–Kier alpha value is -2.83. The van der Waals surface area contributed by atoms with Crippen molar-refractivity contribution >= 4 is 27.9 Å². The molecule has 30 heavy (non-hydrogen) atoms. The summed E-state index contributed by atoms with van der Waals surface area (Å²) in [6, 6.07) is 8.50. The molecule has 0 bridgehead atoms. The van der Waals surface area contributed by atoms with Crippen LogP contribution < -0.4 is 5.73 Å². The number of hydrogen-bond donors (Lipinski definition) is 1. The summed E-state index contributed by atoms with van der Waals surface area (Å²) < 4.78 is 5.53. The van der Waals surface area contributed by atoms with E-state index in [9.17, 15) is 0 Å². The molecule has 0 unspecified atom stereocenters. The quantitative estimate of drug-likeness (QED) is 0.476. The molecule has 0 atom stereocenters. The molecule has 4 aromatic rings. The molecule has 1 fully saturated rings. The SMILES string of the molecule is Cc1cncc(-c2ccc3c(-c4nc(C)c(C5CCOCC5)s4)cnc(N)c3c2)c1. The number of ether oxygens (including phenoxy) is 1. The topological polar surface area (TPSA) is 73.9 Å². The number of pyridine rings is 2. The minimum atomic E-state index is 0.536. The molecular formula is C24H24N4OS. The normalized spacial score (nSPS) is 15.0. The first-order chi connectivity index (χ1) is 14.6. The van der Waals surface area contributed by atoms with Gasteiger partial charge in [-0.15, -0.1) is 11.3 Å². The molecule has 1 aliphatic heterocycles. The van der Waals surface area contributed by atoms with Crippen LogP contribution in [0.25, 0.3) is 32.5 Å². The Morgan fingerprint density at radius 3 is 2.63 bits per heavy atom. The summed E-state index contributed by atoms with van der Waals surface area (Å²) in [6.07, 6.45) is 7.73. The zero-order valence-electron chi connectivity index (χ0n) is 17.2. The summed E-state index contributed by atoms with van der Waals surface area (Å²) >= 11 is 1.78. The number of aromatic nitrogens is 3. The maximum Gasteiger partial charge on any atom is 0.131 e. The van der Waals surface area contributed by atoms with Crippen LogP contribution in [0.5, 0.6) is 0 Å². The fourth-order valence-corrected chi connectivity index (χ4v) is 5.45. The van der Waals surface area contributed by atoms with E-state index in [4.69, 9.17) is 15.5 Å². The summed E-state index contributed by atoms with van der Waals surface area (Å²) in [5.41, 5.74) is 11.7. The van der Waals surface area contributed by atoms with Crippen LogP contribution in [0.3, 0.4) is 0 Å². The van der Waals surface area contributed by atoms with Crippen LogP contribution in [0, 0.1) is 13.8 Å². The molecule has 5 rings (SSSR count). The smallest absolute Gasteiger partial charge is 0.131 e. The van der Waals surface area contributed by atoms with Gasteiger partial charge in [-0.25, -0.2) is 9.97 Å². The molecule has 1 aromatic carbocycles. The third-order valence-electron chi connectivity index (χ3n) is 5.78. The highest BCUT2D eigenvalue weighted by molar-refractivity contribution is 7.15. The van der Waals surface area contributed by atoms with E-state index in [1.165, 1.54) is 4.88 Å². The zero-order chi connectivity index (χ0) is 20.7. The second kappa shape index (κ2) is 7.78. The molecule has 0 saturated carbocycles. The molecule has 0 radical (unpaired) electrons. The minimum absolute atomic E-state index is 0.536. The van der Waals surface area contributed by atoms with Gasteiger partial charge in [0.2, 0.25) is 0 Å². The maximum absolute atomic E-state index is 6.27. The Bertz CT molecular complexity index is 1230. The number of anilines is 1. The van der Waals surface area contributed by atoms with E-state index in [0.717, 1.165) is 69.8 Å². The lowest BCUT2D eigenvalue weighted by Gasteiger charge is -2.21. The predicted octanol–water partition coefficient (Wildman–Crippen LogP) is 5.51. The van der Waals surface area contributed by atoms with Crippen molar-refractivity contribution in [3.63, 3.8) is 0 Å². The highest BCUT2D eigenvalue weighted by atomic mass is 32.1. The monoisotopic (exact) mass is 416 g/mol. The van der Waals surface area contributed by atoms with Crippen LogP contribution in [-0.2, 0) is 4.74 Å².